The minimum absolute atomic E-state index is 0.0236. The molecular weight excluding hydrogens is 399 g/mol. The summed E-state index contributed by atoms with van der Waals surface area (Å²) in [5, 5.41) is 11.3. The molecule has 0 saturated heterocycles. The Kier molecular flexibility index (Phi) is 6.46. The van der Waals surface area contributed by atoms with Crippen molar-refractivity contribution in [1.29, 1.82) is 0 Å². The number of carbonyl (C=O) groups is 1. The third kappa shape index (κ3) is 5.02. The van der Waals surface area contributed by atoms with Crippen LogP contribution in [0.1, 0.15) is 5.56 Å². The van der Waals surface area contributed by atoms with Crippen LogP contribution < -0.4 is 14.8 Å². The molecule has 5 nitrogen and oxygen atoms in total. The highest BCUT2D eigenvalue weighted by molar-refractivity contribution is 5.69. The van der Waals surface area contributed by atoms with Crippen LogP contribution in [-0.2, 0) is 11.3 Å². The summed E-state index contributed by atoms with van der Waals surface area (Å²) in [5.41, 5.74) is 1.47. The van der Waals surface area contributed by atoms with Crippen molar-refractivity contribution < 1.29 is 32.5 Å². The first-order valence-electron chi connectivity index (χ1n) is 8.87. The van der Waals surface area contributed by atoms with Crippen molar-refractivity contribution in [2.24, 2.45) is 0 Å². The van der Waals surface area contributed by atoms with Gasteiger partial charge in [0.15, 0.2) is 18.2 Å². The van der Waals surface area contributed by atoms with Crippen LogP contribution in [0.2, 0.25) is 0 Å². The second kappa shape index (κ2) is 9.21. The summed E-state index contributed by atoms with van der Waals surface area (Å²) in [7, 11) is 1.48. The van der Waals surface area contributed by atoms with Crippen LogP contribution >= 0.6 is 0 Å². The molecule has 2 N–H and O–H groups in total. The highest BCUT2D eigenvalue weighted by atomic mass is 19.1. The Morgan fingerprint density at radius 2 is 1.83 bits per heavy atom. The molecule has 3 aromatic rings. The van der Waals surface area contributed by atoms with Gasteiger partial charge in [0.1, 0.15) is 23.1 Å². The molecule has 0 amide bonds. The zero-order chi connectivity index (χ0) is 21.7. The lowest BCUT2D eigenvalue weighted by Gasteiger charge is -2.14. The van der Waals surface area contributed by atoms with Gasteiger partial charge in [-0.2, -0.15) is 0 Å². The van der Waals surface area contributed by atoms with E-state index in [9.17, 15) is 18.0 Å². The van der Waals surface area contributed by atoms with Crippen LogP contribution in [0.5, 0.6) is 11.5 Å². The van der Waals surface area contributed by atoms with Gasteiger partial charge in [0, 0.05) is 6.54 Å². The first-order valence-corrected chi connectivity index (χ1v) is 8.87. The van der Waals surface area contributed by atoms with Crippen molar-refractivity contribution >= 4 is 11.7 Å². The van der Waals surface area contributed by atoms with E-state index in [1.54, 1.807) is 30.3 Å². The molecular formula is C22H18F3NO4. The number of carboxylic acids is 1. The lowest BCUT2D eigenvalue weighted by molar-refractivity contribution is -0.139. The number of benzene rings is 3. The maximum absolute atomic E-state index is 14.5. The molecule has 3 rings (SSSR count). The summed E-state index contributed by atoms with van der Waals surface area (Å²) < 4.78 is 52.3. The number of anilines is 1. The molecule has 0 saturated carbocycles. The molecule has 0 bridgehead atoms. The van der Waals surface area contributed by atoms with E-state index in [4.69, 9.17) is 14.6 Å². The maximum Gasteiger partial charge on any atom is 0.341 e. The van der Waals surface area contributed by atoms with Crippen molar-refractivity contribution in [3.63, 3.8) is 0 Å². The Morgan fingerprint density at radius 3 is 2.53 bits per heavy atom. The number of hydrogen-bond acceptors (Lipinski definition) is 4. The van der Waals surface area contributed by atoms with Crippen LogP contribution in [0, 0.1) is 17.5 Å². The normalized spacial score (nSPS) is 10.5. The highest BCUT2D eigenvalue weighted by Gasteiger charge is 2.16. The SMILES string of the molecule is COc1cc(CNc2c(F)ccc(OCC(=O)O)c2F)cc(-c2cccc(F)c2)c1. The average Bonchev–Trinajstić information content (AvgIpc) is 2.72. The van der Waals surface area contributed by atoms with E-state index < -0.39 is 35.7 Å². The fourth-order valence-electron chi connectivity index (χ4n) is 2.85. The highest BCUT2D eigenvalue weighted by Crippen LogP contribution is 2.30. The number of nitrogens with one attached hydrogen (secondary N) is 1. The van der Waals surface area contributed by atoms with Gasteiger partial charge in [0.25, 0.3) is 0 Å². The first kappa shape index (κ1) is 21.0. The van der Waals surface area contributed by atoms with Gasteiger partial charge in [0.2, 0.25) is 0 Å². The van der Waals surface area contributed by atoms with E-state index in [0.717, 1.165) is 12.1 Å². The minimum Gasteiger partial charge on any atom is -0.497 e. The van der Waals surface area contributed by atoms with Crippen LogP contribution in [0.4, 0.5) is 18.9 Å². The fraction of sp³-hybridized carbons (Fsp3) is 0.136. The van der Waals surface area contributed by atoms with Gasteiger partial charge < -0.3 is 19.9 Å². The molecule has 156 valence electrons. The number of halogens is 3. The summed E-state index contributed by atoms with van der Waals surface area (Å²) in [6.45, 7) is -0.732. The molecule has 0 aliphatic heterocycles. The van der Waals surface area contributed by atoms with Gasteiger partial charge >= 0.3 is 5.97 Å². The van der Waals surface area contributed by atoms with E-state index in [1.807, 2.05) is 0 Å². The number of rotatable bonds is 8. The van der Waals surface area contributed by atoms with E-state index in [-0.39, 0.29) is 12.3 Å². The van der Waals surface area contributed by atoms with Crippen LogP contribution in [0.25, 0.3) is 11.1 Å². The number of ether oxygens (including phenoxy) is 2. The van der Waals surface area contributed by atoms with Gasteiger partial charge in [-0.3, -0.25) is 0 Å². The predicted molar refractivity (Wildman–Crippen MR) is 105 cm³/mol. The van der Waals surface area contributed by atoms with E-state index in [2.05, 4.69) is 5.32 Å². The number of carboxylic acid groups (broad SMARTS) is 1. The summed E-state index contributed by atoms with van der Waals surface area (Å²) in [5.74, 6) is -3.46. The van der Waals surface area contributed by atoms with Crippen molar-refractivity contribution in [1.82, 2.24) is 0 Å². The Hall–Kier alpha value is -3.68. The predicted octanol–water partition coefficient (Wildman–Crippen LogP) is 4.86. The van der Waals surface area contributed by atoms with Gasteiger partial charge in [-0.25, -0.2) is 18.0 Å². The Bertz CT molecular complexity index is 1070. The van der Waals surface area contributed by atoms with Gasteiger partial charge in [-0.05, 0) is 59.2 Å². The molecule has 8 heteroatoms. The second-order valence-corrected chi connectivity index (χ2v) is 6.35. The van der Waals surface area contributed by atoms with Crippen LogP contribution in [0.15, 0.2) is 54.6 Å². The summed E-state index contributed by atoms with van der Waals surface area (Å²) in [6.07, 6.45) is 0. The standard InChI is InChI=1S/C22H18F3NO4/c1-29-17-8-13(7-15(10-17)14-3-2-4-16(23)9-14)11-26-22-18(24)5-6-19(21(22)25)30-12-20(27)28/h2-10,26H,11-12H2,1H3,(H,27,28). The third-order valence-corrected chi connectivity index (χ3v) is 4.24. The lowest BCUT2D eigenvalue weighted by atomic mass is 10.0. The quantitative estimate of drug-likeness (QED) is 0.548. The largest absolute Gasteiger partial charge is 0.497 e. The molecule has 30 heavy (non-hydrogen) atoms. The molecule has 0 aliphatic rings. The maximum atomic E-state index is 14.5. The minimum atomic E-state index is -1.28. The molecule has 0 radical (unpaired) electrons. The molecule has 0 unspecified atom stereocenters. The Balaban J connectivity index is 1.86. The fourth-order valence-corrected chi connectivity index (χ4v) is 2.85. The van der Waals surface area contributed by atoms with Crippen LogP contribution in [-0.4, -0.2) is 24.8 Å². The molecule has 0 spiro atoms. The van der Waals surface area contributed by atoms with Gasteiger partial charge in [-0.1, -0.05) is 12.1 Å². The monoisotopic (exact) mass is 417 g/mol. The van der Waals surface area contributed by atoms with Crippen molar-refractivity contribution in [2.75, 3.05) is 19.0 Å². The number of aliphatic carboxylic acids is 1. The van der Waals surface area contributed by atoms with Gasteiger partial charge in [-0.15, -0.1) is 0 Å². The van der Waals surface area contributed by atoms with Crippen molar-refractivity contribution in [2.45, 2.75) is 6.54 Å². The van der Waals surface area contributed by atoms with Gasteiger partial charge in [0.05, 0.1) is 7.11 Å². The molecule has 0 aromatic heterocycles. The zero-order valence-electron chi connectivity index (χ0n) is 15.9. The number of methoxy groups -OCH3 is 1. The van der Waals surface area contributed by atoms with Crippen molar-refractivity contribution in [3.8, 4) is 22.6 Å². The number of hydrogen-bond donors (Lipinski definition) is 2. The zero-order valence-corrected chi connectivity index (χ0v) is 15.9. The Labute approximate surface area is 170 Å². The first-order chi connectivity index (χ1) is 14.4. The Morgan fingerprint density at radius 1 is 1.03 bits per heavy atom. The molecule has 3 aromatic carbocycles. The van der Waals surface area contributed by atoms with E-state index >= 15 is 0 Å². The summed E-state index contributed by atoms with van der Waals surface area (Å²) in [4.78, 5) is 10.6. The summed E-state index contributed by atoms with van der Waals surface area (Å²) >= 11 is 0. The summed E-state index contributed by atoms with van der Waals surface area (Å²) in [6, 6.07) is 13.2. The average molecular weight is 417 g/mol. The van der Waals surface area contributed by atoms with Crippen LogP contribution in [0.3, 0.4) is 0 Å². The third-order valence-electron chi connectivity index (χ3n) is 4.24. The van der Waals surface area contributed by atoms with E-state index in [1.165, 1.54) is 19.2 Å². The lowest BCUT2D eigenvalue weighted by Crippen LogP contribution is -2.12. The second-order valence-electron chi connectivity index (χ2n) is 6.35. The molecule has 0 heterocycles. The smallest absolute Gasteiger partial charge is 0.341 e. The van der Waals surface area contributed by atoms with Crippen molar-refractivity contribution in [3.05, 3.63) is 77.6 Å². The molecule has 0 fully saturated rings. The van der Waals surface area contributed by atoms with E-state index in [0.29, 0.717) is 22.4 Å². The molecule has 0 aliphatic carbocycles. The topological polar surface area (TPSA) is 67.8 Å². The molecule has 0 atom stereocenters.